The quantitative estimate of drug-likeness (QED) is 0.452. The first-order valence-corrected chi connectivity index (χ1v) is 10.4. The molecule has 2 atom stereocenters. The third-order valence-corrected chi connectivity index (χ3v) is 5.63. The van der Waals surface area contributed by atoms with Crippen LogP contribution in [-0.2, 0) is 30.5 Å². The number of Topliss-reactive ketones (excluding diaryl/α,β-unsaturated/α-hetero) is 1. The van der Waals surface area contributed by atoms with Crippen LogP contribution in [0.4, 0.5) is 4.79 Å². The molecule has 1 aromatic carbocycles. The maximum absolute atomic E-state index is 12.9. The number of carbonyl (C=O) groups excluding carboxylic acids is 3. The van der Waals surface area contributed by atoms with E-state index in [-0.39, 0.29) is 39.8 Å². The second-order valence-corrected chi connectivity index (χ2v) is 7.93. The van der Waals surface area contributed by atoms with Crippen molar-refractivity contribution in [3.8, 4) is 0 Å². The highest BCUT2D eigenvalue weighted by molar-refractivity contribution is 5.96. The van der Waals surface area contributed by atoms with Gasteiger partial charge in [0.1, 0.15) is 13.2 Å². The molecular weight excluding hydrogens is 432 g/mol. The Morgan fingerprint density at radius 1 is 1.15 bits per heavy atom. The lowest BCUT2D eigenvalue weighted by Gasteiger charge is -2.34. The van der Waals surface area contributed by atoms with Gasteiger partial charge in [0.05, 0.1) is 11.5 Å². The summed E-state index contributed by atoms with van der Waals surface area (Å²) in [5.74, 6) is -4.45. The van der Waals surface area contributed by atoms with E-state index in [0.717, 1.165) is 5.56 Å². The zero-order valence-corrected chi connectivity index (χ0v) is 17.9. The minimum absolute atomic E-state index is 0. The molecule has 0 saturated carbocycles. The lowest BCUT2D eigenvalue weighted by atomic mass is 9.85. The highest BCUT2D eigenvalue weighted by Crippen LogP contribution is 2.32. The first-order chi connectivity index (χ1) is 15.1. The van der Waals surface area contributed by atoms with Crippen molar-refractivity contribution in [1.82, 2.24) is 10.2 Å². The first-order valence-electron chi connectivity index (χ1n) is 10.4. The zero-order valence-electron chi connectivity index (χ0n) is 17.9. The number of carboxylic acid groups (broad SMARTS) is 2. The second-order valence-electron chi connectivity index (χ2n) is 7.93. The number of benzene rings is 1. The first kappa shape index (κ1) is 27.6. The number of alkyl carbamates (subject to hydrolysis) is 1. The van der Waals surface area contributed by atoms with Gasteiger partial charge in [0, 0.05) is 19.4 Å². The molecule has 0 radical (unpaired) electrons. The summed E-state index contributed by atoms with van der Waals surface area (Å²) in [7, 11) is 0. The molecule has 2 rings (SSSR count). The van der Waals surface area contributed by atoms with Crippen molar-refractivity contribution in [3.63, 3.8) is 0 Å². The average molecular weight is 465 g/mol. The van der Waals surface area contributed by atoms with E-state index in [9.17, 15) is 29.1 Å². The molecule has 0 spiro atoms. The normalized spacial score (nSPS) is 18.0. The van der Waals surface area contributed by atoms with Crippen LogP contribution in [0.3, 0.4) is 0 Å². The van der Waals surface area contributed by atoms with Crippen molar-refractivity contribution in [2.45, 2.75) is 58.6 Å². The van der Waals surface area contributed by atoms with Crippen molar-refractivity contribution >= 4 is 29.7 Å². The summed E-state index contributed by atoms with van der Waals surface area (Å²) in [6, 6.07) is 9.03. The number of amides is 2. The molecule has 0 aliphatic carbocycles. The number of carboxylic acids is 2. The Morgan fingerprint density at radius 2 is 1.82 bits per heavy atom. The Labute approximate surface area is 192 Å². The molecule has 0 aromatic heterocycles. The monoisotopic (exact) mass is 464 g/mol. The Bertz CT molecular complexity index is 857. The van der Waals surface area contributed by atoms with Crippen LogP contribution in [0.25, 0.3) is 0 Å². The Hall–Kier alpha value is -3.43. The van der Waals surface area contributed by atoms with Gasteiger partial charge in [-0.25, -0.2) is 4.79 Å². The number of rotatable bonds is 11. The van der Waals surface area contributed by atoms with Gasteiger partial charge in [-0.2, -0.15) is 0 Å². The van der Waals surface area contributed by atoms with Crippen molar-refractivity contribution in [3.05, 3.63) is 35.9 Å². The van der Waals surface area contributed by atoms with Gasteiger partial charge < -0.3 is 25.2 Å². The van der Waals surface area contributed by atoms with Crippen molar-refractivity contribution in [2.24, 2.45) is 5.92 Å². The van der Waals surface area contributed by atoms with E-state index >= 15 is 0 Å². The minimum Gasteiger partial charge on any atom is -0.481 e. The van der Waals surface area contributed by atoms with Crippen molar-refractivity contribution in [1.29, 1.82) is 0 Å². The molecule has 1 aromatic rings. The predicted molar refractivity (Wildman–Crippen MR) is 118 cm³/mol. The number of aliphatic carboxylic acids is 2. The molecule has 1 heterocycles. The number of ether oxygens (including phenoxy) is 1. The van der Waals surface area contributed by atoms with Gasteiger partial charge in [-0.15, -0.1) is 0 Å². The van der Waals surface area contributed by atoms with Crippen molar-refractivity contribution in [2.75, 3.05) is 13.1 Å². The van der Waals surface area contributed by atoms with Crippen LogP contribution in [0.5, 0.6) is 0 Å². The molecule has 1 aliphatic rings. The van der Waals surface area contributed by atoms with Gasteiger partial charge >= 0.3 is 18.0 Å². The Kier molecular flexibility index (Phi) is 10.5. The molecule has 0 bridgehead atoms. The molecule has 1 saturated heterocycles. The Balaban J connectivity index is 0.00000544. The fourth-order valence-electron chi connectivity index (χ4n) is 3.72. The summed E-state index contributed by atoms with van der Waals surface area (Å²) in [6.45, 7) is 1.56. The molecular formula is C23H32N2O8. The van der Waals surface area contributed by atoms with Crippen LogP contribution >= 0.6 is 0 Å². The van der Waals surface area contributed by atoms with Crippen molar-refractivity contribution < 1.29 is 38.9 Å². The van der Waals surface area contributed by atoms with Gasteiger partial charge in [0.2, 0.25) is 5.91 Å². The highest BCUT2D eigenvalue weighted by Gasteiger charge is 2.46. The third kappa shape index (κ3) is 7.89. The fourth-order valence-corrected chi connectivity index (χ4v) is 3.72. The summed E-state index contributed by atoms with van der Waals surface area (Å²) in [5.41, 5.74) is -0.411. The molecule has 1 fully saturated rings. The van der Waals surface area contributed by atoms with Crippen LogP contribution in [0.15, 0.2) is 30.3 Å². The lowest BCUT2D eigenvalue weighted by molar-refractivity contribution is -0.148. The highest BCUT2D eigenvalue weighted by atomic mass is 16.5. The average Bonchev–Trinajstić information content (AvgIpc) is 3.16. The molecule has 10 nitrogen and oxygen atoms in total. The van der Waals surface area contributed by atoms with Gasteiger partial charge in [0.25, 0.3) is 0 Å². The summed E-state index contributed by atoms with van der Waals surface area (Å²) in [4.78, 5) is 61.0. The van der Waals surface area contributed by atoms with E-state index in [4.69, 9.17) is 9.84 Å². The molecule has 33 heavy (non-hydrogen) atoms. The van der Waals surface area contributed by atoms with Crippen LogP contribution in [0, 0.1) is 5.92 Å². The number of ketones is 1. The molecule has 3 N–H and O–H groups in total. The predicted octanol–water partition coefficient (Wildman–Crippen LogP) is 2.45. The summed E-state index contributed by atoms with van der Waals surface area (Å²) in [5, 5.41) is 20.5. The topological polar surface area (TPSA) is 150 Å². The number of nitrogens with zero attached hydrogens (tertiary/aromatic N) is 1. The SMILES string of the molecule is C.C[C@@]1(C(=O)C[C@@H](CCC(=O)O)C(=O)O)CCCN1C(=O)CNC(=O)OCc1ccccc1. The maximum atomic E-state index is 12.9. The lowest BCUT2D eigenvalue weighted by Crippen LogP contribution is -2.54. The molecule has 182 valence electrons. The van der Waals surface area contributed by atoms with Crippen LogP contribution in [0.2, 0.25) is 0 Å². The molecule has 10 heteroatoms. The number of carbonyl (C=O) groups is 5. The maximum Gasteiger partial charge on any atom is 0.407 e. The van der Waals surface area contributed by atoms with Gasteiger partial charge in [-0.1, -0.05) is 37.8 Å². The molecule has 2 amide bonds. The minimum atomic E-state index is -1.25. The van der Waals surface area contributed by atoms with E-state index in [2.05, 4.69) is 5.32 Å². The molecule has 1 aliphatic heterocycles. The number of nitrogens with one attached hydrogen (secondary N) is 1. The number of hydrogen-bond donors (Lipinski definition) is 3. The number of hydrogen-bond acceptors (Lipinski definition) is 6. The Morgan fingerprint density at radius 3 is 2.42 bits per heavy atom. The zero-order chi connectivity index (χ0) is 23.7. The van der Waals surface area contributed by atoms with Gasteiger partial charge in [-0.05, 0) is 31.7 Å². The van der Waals surface area contributed by atoms with Crippen LogP contribution < -0.4 is 5.32 Å². The third-order valence-electron chi connectivity index (χ3n) is 5.63. The summed E-state index contributed by atoms with van der Waals surface area (Å²) in [6.07, 6.45) is -0.752. The van der Waals surface area contributed by atoms with E-state index in [1.807, 2.05) is 18.2 Å². The van der Waals surface area contributed by atoms with E-state index in [0.29, 0.717) is 19.4 Å². The van der Waals surface area contributed by atoms with Crippen LogP contribution in [-0.4, -0.2) is 63.5 Å². The van der Waals surface area contributed by atoms with E-state index in [1.165, 1.54) is 4.90 Å². The fraction of sp³-hybridized carbons (Fsp3) is 0.522. The largest absolute Gasteiger partial charge is 0.481 e. The smallest absolute Gasteiger partial charge is 0.407 e. The second kappa shape index (κ2) is 12.6. The summed E-state index contributed by atoms with van der Waals surface area (Å²) < 4.78 is 5.06. The van der Waals surface area contributed by atoms with E-state index < -0.39 is 41.2 Å². The molecule has 0 unspecified atom stereocenters. The standard InChI is InChI=1S/C22H28N2O8.CH4/c1-22(17(25)12-16(20(29)30)8-9-19(27)28)10-5-11-24(22)18(26)13-23-21(31)32-14-15-6-3-2-4-7-15;/h2-4,6-7,16H,5,8-14H2,1H3,(H,23,31)(H,27,28)(H,29,30);1H4/t16-,22+;/m1./s1. The van der Waals surface area contributed by atoms with Crippen LogP contribution in [0.1, 0.15) is 52.0 Å². The van der Waals surface area contributed by atoms with Gasteiger partial charge in [0.15, 0.2) is 5.78 Å². The summed E-state index contributed by atoms with van der Waals surface area (Å²) >= 11 is 0. The number of likely N-dealkylation sites (tertiary alicyclic amines) is 1. The van der Waals surface area contributed by atoms with E-state index in [1.54, 1.807) is 19.1 Å². The van der Waals surface area contributed by atoms with Gasteiger partial charge in [-0.3, -0.25) is 19.2 Å².